The van der Waals surface area contributed by atoms with Crippen LogP contribution in [0.5, 0.6) is 0 Å². The van der Waals surface area contributed by atoms with Crippen molar-refractivity contribution in [1.29, 1.82) is 0 Å². The van der Waals surface area contributed by atoms with E-state index < -0.39 is 28.5 Å². The van der Waals surface area contributed by atoms with Gasteiger partial charge in [0.25, 0.3) is 10.0 Å². The molecule has 0 aliphatic rings. The Kier molecular flexibility index (Phi) is 10.2. The summed E-state index contributed by atoms with van der Waals surface area (Å²) in [6.45, 7) is 5.48. The van der Waals surface area contributed by atoms with E-state index in [-0.39, 0.29) is 33.1 Å². The van der Waals surface area contributed by atoms with Gasteiger partial charge in [-0.05, 0) is 50.1 Å². The summed E-state index contributed by atoms with van der Waals surface area (Å²) in [4.78, 5) is 28.1. The maximum Gasteiger partial charge on any atom is 0.264 e. The number of benzene rings is 3. The standard InChI is InChI=1S/C28H31Cl2N3O4S/c1-4-16-31-28(35)21(3)32(18-22-11-8-10-20(2)17-22)26(34)19-33(25-15-9-14-24(29)27(25)30)38(36,37)23-12-6-5-7-13-23/h5-15,17,21H,4,16,18-19H2,1-3H3,(H,31,35)/t21-/m1/s1. The summed E-state index contributed by atoms with van der Waals surface area (Å²) < 4.78 is 28.5. The molecule has 0 aliphatic heterocycles. The first-order valence-corrected chi connectivity index (χ1v) is 14.4. The van der Waals surface area contributed by atoms with Crippen LogP contribution >= 0.6 is 23.2 Å². The molecule has 3 aromatic rings. The van der Waals surface area contributed by atoms with Crippen LogP contribution in [-0.2, 0) is 26.2 Å². The van der Waals surface area contributed by atoms with Gasteiger partial charge >= 0.3 is 0 Å². The van der Waals surface area contributed by atoms with E-state index in [4.69, 9.17) is 23.2 Å². The summed E-state index contributed by atoms with van der Waals surface area (Å²) in [5.74, 6) is -0.896. The van der Waals surface area contributed by atoms with E-state index in [9.17, 15) is 18.0 Å². The number of sulfonamides is 1. The largest absolute Gasteiger partial charge is 0.354 e. The maximum atomic E-state index is 13.9. The highest BCUT2D eigenvalue weighted by molar-refractivity contribution is 7.92. The second-order valence-corrected chi connectivity index (χ2v) is 11.5. The Balaban J connectivity index is 2.05. The van der Waals surface area contributed by atoms with Crippen LogP contribution in [0.15, 0.2) is 77.7 Å². The predicted octanol–water partition coefficient (Wildman–Crippen LogP) is 5.44. The highest BCUT2D eigenvalue weighted by Gasteiger charge is 2.33. The van der Waals surface area contributed by atoms with Crippen LogP contribution in [0.25, 0.3) is 0 Å². The minimum Gasteiger partial charge on any atom is -0.354 e. The van der Waals surface area contributed by atoms with Crippen molar-refractivity contribution in [1.82, 2.24) is 10.2 Å². The first-order chi connectivity index (χ1) is 18.1. The van der Waals surface area contributed by atoms with E-state index in [2.05, 4.69) is 5.32 Å². The van der Waals surface area contributed by atoms with E-state index >= 15 is 0 Å². The minimum absolute atomic E-state index is 0.000411. The first kappa shape index (κ1) is 29.5. The van der Waals surface area contributed by atoms with E-state index in [0.29, 0.717) is 6.54 Å². The molecule has 7 nitrogen and oxygen atoms in total. The topological polar surface area (TPSA) is 86.8 Å². The zero-order chi connectivity index (χ0) is 27.9. The molecule has 2 amide bonds. The average Bonchev–Trinajstić information content (AvgIpc) is 2.90. The quantitative estimate of drug-likeness (QED) is 0.330. The fourth-order valence-electron chi connectivity index (χ4n) is 3.90. The summed E-state index contributed by atoms with van der Waals surface area (Å²) in [6, 6.07) is 19.1. The summed E-state index contributed by atoms with van der Waals surface area (Å²) in [6.07, 6.45) is 0.737. The third kappa shape index (κ3) is 7.07. The van der Waals surface area contributed by atoms with Crippen molar-refractivity contribution in [3.05, 3.63) is 94.0 Å². The molecule has 3 rings (SSSR count). The van der Waals surface area contributed by atoms with E-state index in [0.717, 1.165) is 21.9 Å². The van der Waals surface area contributed by atoms with Gasteiger partial charge in [0, 0.05) is 13.1 Å². The number of rotatable bonds is 11. The number of carbonyl (C=O) groups excluding carboxylic acids is 2. The lowest BCUT2D eigenvalue weighted by molar-refractivity contribution is -0.139. The van der Waals surface area contributed by atoms with Crippen LogP contribution in [-0.4, -0.2) is 44.3 Å². The molecule has 0 heterocycles. The van der Waals surface area contributed by atoms with Crippen LogP contribution in [0.2, 0.25) is 10.0 Å². The summed E-state index contributed by atoms with van der Waals surface area (Å²) >= 11 is 12.6. The molecule has 0 bridgehead atoms. The van der Waals surface area contributed by atoms with Crippen LogP contribution in [0.3, 0.4) is 0 Å². The van der Waals surface area contributed by atoms with Gasteiger partial charge in [-0.2, -0.15) is 0 Å². The Bertz CT molecular complexity index is 1380. The van der Waals surface area contributed by atoms with E-state index in [1.807, 2.05) is 38.1 Å². The Labute approximate surface area is 234 Å². The van der Waals surface area contributed by atoms with Crippen LogP contribution < -0.4 is 9.62 Å². The third-order valence-electron chi connectivity index (χ3n) is 5.96. The highest BCUT2D eigenvalue weighted by Crippen LogP contribution is 2.35. The third-order valence-corrected chi connectivity index (χ3v) is 8.54. The van der Waals surface area contributed by atoms with Crippen molar-refractivity contribution in [3.8, 4) is 0 Å². The van der Waals surface area contributed by atoms with Crippen molar-refractivity contribution in [2.45, 2.75) is 44.7 Å². The molecule has 10 heteroatoms. The second-order valence-electron chi connectivity index (χ2n) is 8.88. The number of nitrogens with zero attached hydrogens (tertiary/aromatic N) is 2. The Morgan fingerprint density at radius 3 is 2.32 bits per heavy atom. The molecule has 3 aromatic carbocycles. The van der Waals surface area contributed by atoms with E-state index in [1.54, 1.807) is 31.2 Å². The minimum atomic E-state index is -4.22. The lowest BCUT2D eigenvalue weighted by Gasteiger charge is -2.32. The average molecular weight is 577 g/mol. The molecule has 0 spiro atoms. The number of amides is 2. The zero-order valence-corrected chi connectivity index (χ0v) is 23.9. The van der Waals surface area contributed by atoms with Gasteiger partial charge < -0.3 is 10.2 Å². The molecule has 38 heavy (non-hydrogen) atoms. The molecule has 0 unspecified atom stereocenters. The molecule has 0 radical (unpaired) electrons. The number of hydrogen-bond donors (Lipinski definition) is 1. The Morgan fingerprint density at radius 2 is 1.66 bits per heavy atom. The molecule has 0 saturated heterocycles. The lowest BCUT2D eigenvalue weighted by Crippen LogP contribution is -2.51. The smallest absolute Gasteiger partial charge is 0.264 e. The highest BCUT2D eigenvalue weighted by atomic mass is 35.5. The molecule has 0 saturated carbocycles. The molecule has 0 aliphatic carbocycles. The van der Waals surface area contributed by atoms with E-state index in [1.165, 1.54) is 29.2 Å². The number of hydrogen-bond acceptors (Lipinski definition) is 4. The van der Waals surface area contributed by atoms with Crippen molar-refractivity contribution in [2.24, 2.45) is 0 Å². The van der Waals surface area contributed by atoms with Gasteiger partial charge in [0.2, 0.25) is 11.8 Å². The van der Waals surface area contributed by atoms with Crippen LogP contribution in [0.4, 0.5) is 5.69 Å². The number of anilines is 1. The normalized spacial score (nSPS) is 12.0. The monoisotopic (exact) mass is 575 g/mol. The van der Waals surface area contributed by atoms with Gasteiger partial charge in [-0.15, -0.1) is 0 Å². The van der Waals surface area contributed by atoms with Gasteiger partial charge in [0.15, 0.2) is 0 Å². The Hall–Kier alpha value is -3.07. The number of carbonyl (C=O) groups is 2. The predicted molar refractivity (Wildman–Crippen MR) is 152 cm³/mol. The van der Waals surface area contributed by atoms with Crippen LogP contribution in [0.1, 0.15) is 31.4 Å². The van der Waals surface area contributed by atoms with Crippen LogP contribution in [0, 0.1) is 6.92 Å². The molecular weight excluding hydrogens is 545 g/mol. The fourth-order valence-corrected chi connectivity index (χ4v) is 5.80. The van der Waals surface area contributed by atoms with Crippen molar-refractivity contribution in [2.75, 3.05) is 17.4 Å². The van der Waals surface area contributed by atoms with Crippen molar-refractivity contribution >= 4 is 50.7 Å². The first-order valence-electron chi connectivity index (χ1n) is 12.2. The second kappa shape index (κ2) is 13.1. The number of aryl methyl sites for hydroxylation is 1. The molecule has 202 valence electrons. The van der Waals surface area contributed by atoms with Crippen molar-refractivity contribution in [3.63, 3.8) is 0 Å². The summed E-state index contributed by atoms with van der Waals surface area (Å²) in [5.41, 5.74) is 1.87. The van der Waals surface area contributed by atoms with Crippen molar-refractivity contribution < 1.29 is 18.0 Å². The summed E-state index contributed by atoms with van der Waals surface area (Å²) in [5, 5.41) is 2.97. The summed E-state index contributed by atoms with van der Waals surface area (Å²) in [7, 11) is -4.22. The maximum absolute atomic E-state index is 13.9. The number of nitrogens with one attached hydrogen (secondary N) is 1. The van der Waals surface area contributed by atoms with Gasteiger partial charge in [-0.3, -0.25) is 13.9 Å². The molecular formula is C28H31Cl2N3O4S. The van der Waals surface area contributed by atoms with Gasteiger partial charge in [0.1, 0.15) is 12.6 Å². The lowest BCUT2D eigenvalue weighted by atomic mass is 10.1. The molecule has 1 atom stereocenters. The molecule has 0 aromatic heterocycles. The van der Waals surface area contributed by atoms with Gasteiger partial charge in [-0.25, -0.2) is 8.42 Å². The Morgan fingerprint density at radius 1 is 0.974 bits per heavy atom. The van der Waals surface area contributed by atoms with Gasteiger partial charge in [-0.1, -0.05) is 84.2 Å². The fraction of sp³-hybridized carbons (Fsp3) is 0.286. The molecule has 1 N–H and O–H groups in total. The van der Waals surface area contributed by atoms with Gasteiger partial charge in [0.05, 0.1) is 20.6 Å². The SMILES string of the molecule is CCCNC(=O)[C@@H](C)N(Cc1cccc(C)c1)C(=O)CN(c1cccc(Cl)c1Cl)S(=O)(=O)c1ccccc1. The molecule has 0 fully saturated rings. The zero-order valence-electron chi connectivity index (χ0n) is 21.5. The number of halogens is 2.